The molecule has 0 saturated heterocycles. The maximum atomic E-state index is 11.9. The lowest BCUT2D eigenvalue weighted by Crippen LogP contribution is -2.30. The van der Waals surface area contributed by atoms with Crippen LogP contribution in [-0.2, 0) is 10.2 Å². The van der Waals surface area contributed by atoms with Crippen LogP contribution in [0.3, 0.4) is 0 Å². The molecule has 3 nitrogen and oxygen atoms in total. The molecule has 90 valence electrons. The number of aromatic nitrogens is 1. The minimum Gasteiger partial charge on any atom is -0.443 e. The van der Waals surface area contributed by atoms with Crippen molar-refractivity contribution in [3.63, 3.8) is 0 Å². The zero-order valence-corrected chi connectivity index (χ0v) is 11.0. The molecule has 0 spiro atoms. The second-order valence-electron chi connectivity index (χ2n) is 5.99. The van der Waals surface area contributed by atoms with Gasteiger partial charge in [0.1, 0.15) is 5.60 Å². The number of rotatable bonds is 0. The van der Waals surface area contributed by atoms with Gasteiger partial charge in [-0.25, -0.2) is 4.79 Å². The quantitative estimate of drug-likeness (QED) is 0.673. The van der Waals surface area contributed by atoms with Crippen molar-refractivity contribution in [2.75, 3.05) is 0 Å². The molecular formula is C13H21NO2. The highest BCUT2D eigenvalue weighted by molar-refractivity contribution is 5.72. The second-order valence-corrected chi connectivity index (χ2v) is 5.99. The normalized spacial score (nSPS) is 12.6. The number of hydrogen-bond acceptors (Lipinski definition) is 2. The number of hydrogen-bond donors (Lipinski definition) is 0. The van der Waals surface area contributed by atoms with E-state index < -0.39 is 5.60 Å². The van der Waals surface area contributed by atoms with E-state index in [1.165, 1.54) is 0 Å². The molecule has 0 atom stereocenters. The fraction of sp³-hybridized carbons (Fsp3) is 0.615. The van der Waals surface area contributed by atoms with Gasteiger partial charge in [0.25, 0.3) is 0 Å². The zero-order valence-electron chi connectivity index (χ0n) is 11.0. The maximum absolute atomic E-state index is 11.9. The van der Waals surface area contributed by atoms with Crippen LogP contribution in [0, 0.1) is 0 Å². The molecular weight excluding hydrogens is 202 g/mol. The Morgan fingerprint density at radius 3 is 2.19 bits per heavy atom. The monoisotopic (exact) mass is 223 g/mol. The molecule has 16 heavy (non-hydrogen) atoms. The second kappa shape index (κ2) is 3.96. The largest absolute Gasteiger partial charge is 0.443 e. The van der Waals surface area contributed by atoms with Gasteiger partial charge in [0.15, 0.2) is 0 Å². The van der Waals surface area contributed by atoms with E-state index in [1.807, 2.05) is 32.9 Å². The van der Waals surface area contributed by atoms with Gasteiger partial charge in [-0.15, -0.1) is 0 Å². The third kappa shape index (κ3) is 3.12. The smallest absolute Gasteiger partial charge is 0.418 e. The van der Waals surface area contributed by atoms with Crippen molar-refractivity contribution < 1.29 is 9.53 Å². The molecule has 0 amide bonds. The van der Waals surface area contributed by atoms with E-state index in [0.717, 1.165) is 5.69 Å². The molecule has 0 aliphatic rings. The van der Waals surface area contributed by atoms with Crippen LogP contribution in [0.4, 0.5) is 4.79 Å². The fourth-order valence-electron chi connectivity index (χ4n) is 1.46. The van der Waals surface area contributed by atoms with Crippen molar-refractivity contribution in [3.05, 3.63) is 24.0 Å². The van der Waals surface area contributed by atoms with E-state index in [2.05, 4.69) is 20.8 Å². The summed E-state index contributed by atoms with van der Waals surface area (Å²) in [5.74, 6) is 0. The first kappa shape index (κ1) is 12.8. The van der Waals surface area contributed by atoms with Crippen LogP contribution in [0.15, 0.2) is 18.3 Å². The standard InChI is InChI=1S/C13H21NO2/c1-12(2,3)10-8-7-9-14(10)11(15)16-13(4,5)6/h7-9H,1-6H3. The van der Waals surface area contributed by atoms with Gasteiger partial charge in [-0.1, -0.05) is 20.8 Å². The lowest BCUT2D eigenvalue weighted by atomic mass is 9.92. The molecule has 0 fully saturated rings. The van der Waals surface area contributed by atoms with Crippen LogP contribution < -0.4 is 0 Å². The highest BCUT2D eigenvalue weighted by Crippen LogP contribution is 2.23. The van der Waals surface area contributed by atoms with Crippen molar-refractivity contribution in [3.8, 4) is 0 Å². The lowest BCUT2D eigenvalue weighted by Gasteiger charge is -2.24. The number of carbonyl (C=O) groups excluding carboxylic acids is 1. The molecule has 0 radical (unpaired) electrons. The summed E-state index contributed by atoms with van der Waals surface area (Å²) in [6, 6.07) is 3.81. The molecule has 1 rings (SSSR count). The zero-order chi connectivity index (χ0) is 12.6. The van der Waals surface area contributed by atoms with Crippen molar-refractivity contribution in [1.29, 1.82) is 0 Å². The molecule has 0 aromatic carbocycles. The minimum absolute atomic E-state index is 0.0690. The summed E-state index contributed by atoms with van der Waals surface area (Å²) in [7, 11) is 0. The van der Waals surface area contributed by atoms with Crippen molar-refractivity contribution in [2.24, 2.45) is 0 Å². The van der Waals surface area contributed by atoms with E-state index in [-0.39, 0.29) is 11.5 Å². The van der Waals surface area contributed by atoms with Crippen LogP contribution >= 0.6 is 0 Å². The highest BCUT2D eigenvalue weighted by Gasteiger charge is 2.24. The minimum atomic E-state index is -0.462. The van der Waals surface area contributed by atoms with Crippen molar-refractivity contribution in [1.82, 2.24) is 4.57 Å². The SMILES string of the molecule is CC(C)(C)OC(=O)n1cccc1C(C)(C)C. The molecule has 0 unspecified atom stereocenters. The maximum Gasteiger partial charge on any atom is 0.418 e. The third-order valence-electron chi connectivity index (χ3n) is 2.11. The Bertz CT molecular complexity index is 377. The number of nitrogens with zero attached hydrogens (tertiary/aromatic N) is 1. The Hall–Kier alpha value is -1.25. The third-order valence-corrected chi connectivity index (χ3v) is 2.11. The van der Waals surface area contributed by atoms with Gasteiger partial charge in [0.05, 0.1) is 0 Å². The first-order valence-corrected chi connectivity index (χ1v) is 5.52. The van der Waals surface area contributed by atoms with Crippen molar-refractivity contribution in [2.45, 2.75) is 52.6 Å². The van der Waals surface area contributed by atoms with E-state index in [0.29, 0.717) is 0 Å². The topological polar surface area (TPSA) is 31.2 Å². The molecule has 0 aliphatic carbocycles. The number of ether oxygens (including phenoxy) is 1. The molecule has 1 aromatic heterocycles. The van der Waals surface area contributed by atoms with Gasteiger partial charge in [0, 0.05) is 17.3 Å². The lowest BCUT2D eigenvalue weighted by molar-refractivity contribution is 0.0528. The van der Waals surface area contributed by atoms with E-state index in [4.69, 9.17) is 4.74 Å². The highest BCUT2D eigenvalue weighted by atomic mass is 16.6. The molecule has 0 saturated carbocycles. The summed E-state index contributed by atoms with van der Waals surface area (Å²) in [5.41, 5.74) is 0.429. The Balaban J connectivity index is 2.98. The van der Waals surface area contributed by atoms with E-state index in [1.54, 1.807) is 10.8 Å². The average molecular weight is 223 g/mol. The predicted octanol–water partition coefficient (Wildman–Crippen LogP) is 3.57. The summed E-state index contributed by atoms with van der Waals surface area (Å²) >= 11 is 0. The number of carbonyl (C=O) groups is 1. The molecule has 0 N–H and O–H groups in total. The summed E-state index contributed by atoms with van der Waals surface area (Å²) < 4.78 is 6.92. The van der Waals surface area contributed by atoms with Crippen LogP contribution in [0.5, 0.6) is 0 Å². The molecule has 3 heteroatoms. The van der Waals surface area contributed by atoms with Gasteiger partial charge in [-0.3, -0.25) is 4.57 Å². The van der Waals surface area contributed by atoms with E-state index >= 15 is 0 Å². The van der Waals surface area contributed by atoms with Crippen LogP contribution in [-0.4, -0.2) is 16.3 Å². The van der Waals surface area contributed by atoms with Crippen LogP contribution in [0.1, 0.15) is 47.2 Å². The van der Waals surface area contributed by atoms with E-state index in [9.17, 15) is 4.79 Å². The summed E-state index contributed by atoms with van der Waals surface area (Å²) in [6.07, 6.45) is 1.43. The van der Waals surface area contributed by atoms with Crippen molar-refractivity contribution >= 4 is 6.09 Å². The predicted molar refractivity (Wildman–Crippen MR) is 64.8 cm³/mol. The molecule has 1 aromatic rings. The van der Waals surface area contributed by atoms with Gasteiger partial charge in [-0.2, -0.15) is 0 Å². The first-order chi connectivity index (χ1) is 7.11. The Labute approximate surface area is 97.4 Å². The van der Waals surface area contributed by atoms with Gasteiger partial charge in [-0.05, 0) is 32.9 Å². The molecule has 0 aliphatic heterocycles. The summed E-state index contributed by atoms with van der Waals surface area (Å²) in [5, 5.41) is 0. The fourth-order valence-corrected chi connectivity index (χ4v) is 1.46. The van der Waals surface area contributed by atoms with Crippen LogP contribution in [0.2, 0.25) is 0 Å². The van der Waals surface area contributed by atoms with Gasteiger partial charge >= 0.3 is 6.09 Å². The van der Waals surface area contributed by atoms with Crippen LogP contribution in [0.25, 0.3) is 0 Å². The Morgan fingerprint density at radius 1 is 1.19 bits per heavy atom. The van der Waals surface area contributed by atoms with Gasteiger partial charge < -0.3 is 4.74 Å². The van der Waals surface area contributed by atoms with Gasteiger partial charge in [0.2, 0.25) is 0 Å². The molecule has 0 bridgehead atoms. The Morgan fingerprint density at radius 2 is 1.75 bits per heavy atom. The summed E-state index contributed by atoms with van der Waals surface area (Å²) in [6.45, 7) is 11.8. The first-order valence-electron chi connectivity index (χ1n) is 5.52. The summed E-state index contributed by atoms with van der Waals surface area (Å²) in [4.78, 5) is 11.9. The Kier molecular flexibility index (Phi) is 3.17. The average Bonchev–Trinajstić information content (AvgIpc) is 2.45. The molecule has 1 heterocycles.